The normalized spacial score (nSPS) is 20.3. The highest BCUT2D eigenvalue weighted by Gasteiger charge is 2.30. The molecule has 2 heterocycles. The van der Waals surface area contributed by atoms with Gasteiger partial charge < -0.3 is 15.7 Å². The molecule has 0 saturated heterocycles. The van der Waals surface area contributed by atoms with Crippen LogP contribution < -0.4 is 10.6 Å². The zero-order chi connectivity index (χ0) is 19.7. The number of aliphatic hydroxyl groups excluding tert-OH is 1. The SMILES string of the molecule is OC1CCC(Nc2cccc3nc(Nc4ccc(C(F)(F)F)cc4)nn23)CC1. The van der Waals surface area contributed by atoms with Crippen LogP contribution in [0.1, 0.15) is 31.2 Å². The number of aromatic nitrogens is 3. The van der Waals surface area contributed by atoms with Crippen molar-refractivity contribution in [1.82, 2.24) is 14.6 Å². The van der Waals surface area contributed by atoms with Gasteiger partial charge in [0.1, 0.15) is 5.82 Å². The first-order valence-electron chi connectivity index (χ1n) is 9.13. The van der Waals surface area contributed by atoms with Gasteiger partial charge in [0.25, 0.3) is 0 Å². The summed E-state index contributed by atoms with van der Waals surface area (Å²) < 4.78 is 39.7. The quantitative estimate of drug-likeness (QED) is 0.621. The van der Waals surface area contributed by atoms with E-state index in [1.54, 1.807) is 10.6 Å². The number of nitrogens with one attached hydrogen (secondary N) is 2. The molecule has 6 nitrogen and oxygen atoms in total. The van der Waals surface area contributed by atoms with Crippen LogP contribution in [0.3, 0.4) is 0 Å². The first-order chi connectivity index (χ1) is 13.4. The Hall–Kier alpha value is -2.81. The van der Waals surface area contributed by atoms with Gasteiger partial charge in [-0.15, -0.1) is 5.10 Å². The molecule has 4 rings (SSSR count). The Kier molecular flexibility index (Phi) is 4.84. The van der Waals surface area contributed by atoms with E-state index in [1.165, 1.54) is 12.1 Å². The van der Waals surface area contributed by atoms with Gasteiger partial charge >= 0.3 is 6.18 Å². The highest BCUT2D eigenvalue weighted by Crippen LogP contribution is 2.30. The summed E-state index contributed by atoms with van der Waals surface area (Å²) in [5.74, 6) is 1.08. The fourth-order valence-electron chi connectivity index (χ4n) is 3.37. The average molecular weight is 391 g/mol. The molecule has 1 saturated carbocycles. The zero-order valence-electron chi connectivity index (χ0n) is 14.9. The maximum Gasteiger partial charge on any atom is 0.416 e. The van der Waals surface area contributed by atoms with Crippen LogP contribution in [0.4, 0.5) is 30.6 Å². The van der Waals surface area contributed by atoms with Crippen molar-refractivity contribution in [3.63, 3.8) is 0 Å². The van der Waals surface area contributed by atoms with Crippen LogP contribution in [-0.4, -0.2) is 31.9 Å². The van der Waals surface area contributed by atoms with E-state index < -0.39 is 11.7 Å². The molecule has 3 aromatic rings. The number of benzene rings is 1. The smallest absolute Gasteiger partial charge is 0.393 e. The summed E-state index contributed by atoms with van der Waals surface area (Å²) >= 11 is 0. The third kappa shape index (κ3) is 4.04. The van der Waals surface area contributed by atoms with E-state index in [2.05, 4.69) is 20.7 Å². The maximum absolute atomic E-state index is 12.7. The predicted octanol–water partition coefficient (Wildman–Crippen LogP) is 4.21. The molecule has 0 aliphatic heterocycles. The second kappa shape index (κ2) is 7.31. The monoisotopic (exact) mass is 391 g/mol. The van der Waals surface area contributed by atoms with Crippen LogP contribution in [-0.2, 0) is 6.18 Å². The van der Waals surface area contributed by atoms with E-state index in [9.17, 15) is 18.3 Å². The lowest BCUT2D eigenvalue weighted by Gasteiger charge is -2.26. The van der Waals surface area contributed by atoms with Gasteiger partial charge in [0, 0.05) is 11.7 Å². The number of hydrogen-bond donors (Lipinski definition) is 3. The van der Waals surface area contributed by atoms with E-state index >= 15 is 0 Å². The molecular weight excluding hydrogens is 371 g/mol. The fraction of sp³-hybridized carbons (Fsp3) is 0.368. The van der Waals surface area contributed by atoms with Crippen molar-refractivity contribution >= 4 is 23.1 Å². The number of nitrogens with zero attached hydrogens (tertiary/aromatic N) is 3. The number of alkyl halides is 3. The molecule has 0 radical (unpaired) electrons. The van der Waals surface area contributed by atoms with Crippen molar-refractivity contribution < 1.29 is 18.3 Å². The lowest BCUT2D eigenvalue weighted by Crippen LogP contribution is -2.29. The minimum Gasteiger partial charge on any atom is -0.393 e. The van der Waals surface area contributed by atoms with Crippen LogP contribution >= 0.6 is 0 Å². The van der Waals surface area contributed by atoms with Crippen molar-refractivity contribution in [1.29, 1.82) is 0 Å². The van der Waals surface area contributed by atoms with Crippen molar-refractivity contribution in [3.8, 4) is 0 Å². The third-order valence-corrected chi connectivity index (χ3v) is 4.88. The predicted molar refractivity (Wildman–Crippen MR) is 99.6 cm³/mol. The van der Waals surface area contributed by atoms with Gasteiger partial charge in [-0.05, 0) is 62.1 Å². The Morgan fingerprint density at radius 1 is 1.00 bits per heavy atom. The summed E-state index contributed by atoms with van der Waals surface area (Å²) in [6.45, 7) is 0. The Bertz CT molecular complexity index is 946. The molecule has 28 heavy (non-hydrogen) atoms. The number of fused-ring (bicyclic) bond motifs is 1. The Balaban J connectivity index is 1.51. The molecule has 1 aliphatic carbocycles. The summed E-state index contributed by atoms with van der Waals surface area (Å²) in [6.07, 6.45) is -1.29. The van der Waals surface area contributed by atoms with Crippen LogP contribution in [0.2, 0.25) is 0 Å². The first kappa shape index (κ1) is 18.5. The summed E-state index contributed by atoms with van der Waals surface area (Å²) in [4.78, 5) is 4.38. The molecule has 0 bridgehead atoms. The Morgan fingerprint density at radius 3 is 2.39 bits per heavy atom. The minimum atomic E-state index is -4.37. The number of pyridine rings is 1. The summed E-state index contributed by atoms with van der Waals surface area (Å²) in [5, 5.41) is 20.4. The van der Waals surface area contributed by atoms with Crippen LogP contribution in [0.15, 0.2) is 42.5 Å². The molecule has 9 heteroatoms. The van der Waals surface area contributed by atoms with E-state index in [4.69, 9.17) is 0 Å². The molecule has 0 atom stereocenters. The summed E-state index contributed by atoms with van der Waals surface area (Å²) in [6, 6.07) is 10.6. The van der Waals surface area contributed by atoms with Gasteiger partial charge in [0.05, 0.1) is 11.7 Å². The molecule has 2 aromatic heterocycles. The number of rotatable bonds is 4. The van der Waals surface area contributed by atoms with Gasteiger partial charge in [-0.1, -0.05) is 6.07 Å². The molecule has 0 spiro atoms. The second-order valence-electron chi connectivity index (χ2n) is 6.97. The highest BCUT2D eigenvalue weighted by atomic mass is 19.4. The largest absolute Gasteiger partial charge is 0.416 e. The number of aliphatic hydroxyl groups is 1. The number of halogens is 3. The fourth-order valence-corrected chi connectivity index (χ4v) is 3.37. The zero-order valence-corrected chi connectivity index (χ0v) is 14.9. The van der Waals surface area contributed by atoms with Gasteiger partial charge in [0.2, 0.25) is 5.95 Å². The van der Waals surface area contributed by atoms with E-state index in [-0.39, 0.29) is 12.1 Å². The van der Waals surface area contributed by atoms with Crippen molar-refractivity contribution in [2.24, 2.45) is 0 Å². The average Bonchev–Trinajstić information content (AvgIpc) is 3.07. The molecule has 1 fully saturated rings. The van der Waals surface area contributed by atoms with E-state index in [0.717, 1.165) is 43.6 Å². The second-order valence-corrected chi connectivity index (χ2v) is 6.97. The van der Waals surface area contributed by atoms with Gasteiger partial charge in [-0.3, -0.25) is 0 Å². The maximum atomic E-state index is 12.7. The van der Waals surface area contributed by atoms with Gasteiger partial charge in [-0.2, -0.15) is 22.7 Å². The molecule has 1 aromatic carbocycles. The topological polar surface area (TPSA) is 74.5 Å². The summed E-state index contributed by atoms with van der Waals surface area (Å²) in [5.41, 5.74) is 0.389. The van der Waals surface area contributed by atoms with E-state index in [1.807, 2.05) is 12.1 Å². The number of anilines is 3. The molecule has 148 valence electrons. The molecule has 3 N–H and O–H groups in total. The molecule has 0 unspecified atom stereocenters. The highest BCUT2D eigenvalue weighted by molar-refractivity contribution is 5.58. The first-order valence-corrected chi connectivity index (χ1v) is 9.13. The Labute approximate surface area is 159 Å². The van der Waals surface area contributed by atoms with Crippen LogP contribution in [0.5, 0.6) is 0 Å². The minimum absolute atomic E-state index is 0.222. The van der Waals surface area contributed by atoms with Crippen molar-refractivity contribution in [3.05, 3.63) is 48.0 Å². The molecular formula is C19H20F3N5O. The third-order valence-electron chi connectivity index (χ3n) is 4.88. The van der Waals surface area contributed by atoms with Crippen molar-refractivity contribution in [2.45, 2.75) is 44.0 Å². The standard InChI is InChI=1S/C19H20F3N5O/c20-19(21,22)12-4-6-14(7-5-12)24-18-25-17-3-1-2-16(27(17)26-18)23-13-8-10-15(28)11-9-13/h1-7,13,15,23,28H,8-11H2,(H,24,26). The van der Waals surface area contributed by atoms with Crippen LogP contribution in [0, 0.1) is 0 Å². The molecule has 1 aliphatic rings. The molecule has 0 amide bonds. The van der Waals surface area contributed by atoms with Crippen LogP contribution in [0.25, 0.3) is 5.65 Å². The lowest BCUT2D eigenvalue weighted by atomic mass is 9.93. The van der Waals surface area contributed by atoms with Crippen molar-refractivity contribution in [2.75, 3.05) is 10.6 Å². The lowest BCUT2D eigenvalue weighted by molar-refractivity contribution is -0.137. The Morgan fingerprint density at radius 2 is 1.71 bits per heavy atom. The van der Waals surface area contributed by atoms with Gasteiger partial charge in [0.15, 0.2) is 5.65 Å². The van der Waals surface area contributed by atoms with E-state index in [0.29, 0.717) is 17.3 Å². The van der Waals surface area contributed by atoms with Gasteiger partial charge in [-0.25, -0.2) is 0 Å². The summed E-state index contributed by atoms with van der Waals surface area (Å²) in [7, 11) is 0. The number of hydrogen-bond acceptors (Lipinski definition) is 5.